The van der Waals surface area contributed by atoms with Crippen LogP contribution in [0.15, 0.2) is 10.9 Å². The van der Waals surface area contributed by atoms with Crippen molar-refractivity contribution in [1.29, 1.82) is 0 Å². The fraction of sp³-hybridized carbons (Fsp3) is 0.571. The van der Waals surface area contributed by atoms with Gasteiger partial charge >= 0.3 is 0 Å². The molecule has 0 radical (unpaired) electrons. The van der Waals surface area contributed by atoms with Gasteiger partial charge in [-0.3, -0.25) is 9.59 Å². The number of amides is 1. The maximum atomic E-state index is 12.1. The van der Waals surface area contributed by atoms with Crippen LogP contribution in [0.2, 0.25) is 0 Å². The molecular weight excluding hydrogens is 244 g/mol. The second kappa shape index (κ2) is 6.02. The predicted molar refractivity (Wildman–Crippen MR) is 74.4 cm³/mol. The van der Waals surface area contributed by atoms with E-state index in [1.807, 2.05) is 13.8 Å². The van der Waals surface area contributed by atoms with E-state index in [4.69, 9.17) is 5.11 Å². The summed E-state index contributed by atoms with van der Waals surface area (Å²) in [7, 11) is 0. The Hall–Kier alpha value is -1.62. The van der Waals surface area contributed by atoms with Crippen LogP contribution in [-0.4, -0.2) is 29.1 Å². The zero-order chi connectivity index (χ0) is 14.6. The minimum absolute atomic E-state index is 0.0764. The molecule has 0 atom stereocenters. The van der Waals surface area contributed by atoms with Crippen LogP contribution in [0.4, 0.5) is 0 Å². The van der Waals surface area contributed by atoms with E-state index in [1.165, 1.54) is 0 Å². The molecule has 0 aromatic carbocycles. The molecule has 0 bridgehead atoms. The van der Waals surface area contributed by atoms with Crippen LogP contribution in [-0.2, 0) is 0 Å². The van der Waals surface area contributed by atoms with Crippen LogP contribution in [0.3, 0.4) is 0 Å². The van der Waals surface area contributed by atoms with E-state index in [-0.39, 0.29) is 29.1 Å². The van der Waals surface area contributed by atoms with Crippen LogP contribution < -0.4 is 10.9 Å². The number of aliphatic hydroxyl groups excluding tert-OH is 1. The molecule has 106 valence electrons. The molecule has 0 saturated heterocycles. The van der Waals surface area contributed by atoms with E-state index < -0.39 is 0 Å². The lowest BCUT2D eigenvalue weighted by Crippen LogP contribution is -2.37. The molecule has 19 heavy (non-hydrogen) atoms. The van der Waals surface area contributed by atoms with E-state index in [0.29, 0.717) is 18.5 Å². The molecule has 1 heterocycles. The SMILES string of the molecule is Cc1cc(C)c(C(=O)NCC(C)(C)CCO)c(=O)[nH]1. The van der Waals surface area contributed by atoms with Gasteiger partial charge in [-0.25, -0.2) is 0 Å². The highest BCUT2D eigenvalue weighted by atomic mass is 16.3. The Kier molecular flexibility index (Phi) is 4.89. The van der Waals surface area contributed by atoms with Gasteiger partial charge in [-0.05, 0) is 37.3 Å². The van der Waals surface area contributed by atoms with Crippen molar-refractivity contribution in [3.05, 3.63) is 33.2 Å². The molecule has 0 aliphatic carbocycles. The van der Waals surface area contributed by atoms with E-state index in [2.05, 4.69) is 10.3 Å². The minimum atomic E-state index is -0.371. The fourth-order valence-corrected chi connectivity index (χ4v) is 1.93. The average molecular weight is 266 g/mol. The highest BCUT2D eigenvalue weighted by Gasteiger charge is 2.20. The van der Waals surface area contributed by atoms with Gasteiger partial charge in [0.15, 0.2) is 0 Å². The zero-order valence-electron chi connectivity index (χ0n) is 12.0. The summed E-state index contributed by atoms with van der Waals surface area (Å²) in [4.78, 5) is 26.5. The third-order valence-corrected chi connectivity index (χ3v) is 3.11. The monoisotopic (exact) mass is 266 g/mol. The topological polar surface area (TPSA) is 82.2 Å². The first-order valence-corrected chi connectivity index (χ1v) is 6.36. The highest BCUT2D eigenvalue weighted by Crippen LogP contribution is 2.18. The normalized spacial score (nSPS) is 11.4. The quantitative estimate of drug-likeness (QED) is 0.747. The summed E-state index contributed by atoms with van der Waals surface area (Å²) < 4.78 is 0. The number of rotatable bonds is 5. The van der Waals surface area contributed by atoms with Crippen LogP contribution >= 0.6 is 0 Å². The number of nitrogens with one attached hydrogen (secondary N) is 2. The van der Waals surface area contributed by atoms with Gasteiger partial charge in [0.1, 0.15) is 5.56 Å². The zero-order valence-corrected chi connectivity index (χ0v) is 12.0. The van der Waals surface area contributed by atoms with E-state index in [1.54, 1.807) is 19.9 Å². The van der Waals surface area contributed by atoms with Gasteiger partial charge in [-0.15, -0.1) is 0 Å². The van der Waals surface area contributed by atoms with E-state index in [9.17, 15) is 9.59 Å². The predicted octanol–water partition coefficient (Wildman–Crippen LogP) is 1.13. The first kappa shape index (κ1) is 15.4. The maximum absolute atomic E-state index is 12.1. The molecule has 0 aliphatic rings. The number of carbonyl (C=O) groups is 1. The lowest BCUT2D eigenvalue weighted by atomic mass is 9.89. The molecule has 0 saturated carbocycles. The molecule has 0 aliphatic heterocycles. The van der Waals surface area contributed by atoms with Gasteiger partial charge in [0.2, 0.25) is 0 Å². The highest BCUT2D eigenvalue weighted by molar-refractivity contribution is 5.95. The summed E-state index contributed by atoms with van der Waals surface area (Å²) in [5.41, 5.74) is 0.995. The fourth-order valence-electron chi connectivity index (χ4n) is 1.93. The molecular formula is C14H22N2O3. The number of aromatic amines is 1. The number of aryl methyl sites for hydroxylation is 2. The second-order valence-corrected chi connectivity index (χ2v) is 5.66. The lowest BCUT2D eigenvalue weighted by molar-refractivity contribution is 0.0926. The number of pyridine rings is 1. The smallest absolute Gasteiger partial charge is 0.261 e. The Morgan fingerprint density at radius 2 is 2.05 bits per heavy atom. The van der Waals surface area contributed by atoms with Crippen molar-refractivity contribution >= 4 is 5.91 Å². The molecule has 1 rings (SSSR count). The number of hydrogen-bond donors (Lipinski definition) is 3. The number of hydrogen-bond acceptors (Lipinski definition) is 3. The molecule has 0 fully saturated rings. The number of aliphatic hydroxyl groups is 1. The average Bonchev–Trinajstić information content (AvgIpc) is 2.25. The first-order valence-electron chi connectivity index (χ1n) is 6.36. The van der Waals surface area contributed by atoms with E-state index >= 15 is 0 Å². The number of aromatic nitrogens is 1. The van der Waals surface area contributed by atoms with Gasteiger partial charge in [0.05, 0.1) is 0 Å². The van der Waals surface area contributed by atoms with Crippen molar-refractivity contribution in [3.8, 4) is 0 Å². The van der Waals surface area contributed by atoms with Crippen molar-refractivity contribution in [2.24, 2.45) is 5.41 Å². The molecule has 1 amide bonds. The third kappa shape index (κ3) is 4.21. The lowest BCUT2D eigenvalue weighted by Gasteiger charge is -2.23. The number of H-pyrrole nitrogens is 1. The first-order chi connectivity index (χ1) is 8.76. The van der Waals surface area contributed by atoms with E-state index in [0.717, 1.165) is 5.69 Å². The van der Waals surface area contributed by atoms with Crippen LogP contribution in [0.25, 0.3) is 0 Å². The molecule has 1 aromatic rings. The Balaban J connectivity index is 2.83. The molecule has 5 heteroatoms. The standard InChI is InChI=1S/C14H22N2O3/c1-9-7-10(2)16-13(19)11(9)12(18)15-8-14(3,4)5-6-17/h7,17H,5-6,8H2,1-4H3,(H,15,18)(H,16,19). The molecule has 5 nitrogen and oxygen atoms in total. The van der Waals surface area contributed by atoms with Crippen molar-refractivity contribution < 1.29 is 9.90 Å². The van der Waals surface area contributed by atoms with Gasteiger partial charge in [0, 0.05) is 18.8 Å². The molecule has 3 N–H and O–H groups in total. The van der Waals surface area contributed by atoms with Crippen LogP contribution in [0.1, 0.15) is 41.9 Å². The maximum Gasteiger partial charge on any atom is 0.261 e. The largest absolute Gasteiger partial charge is 0.396 e. The van der Waals surface area contributed by atoms with Crippen molar-refractivity contribution in [2.75, 3.05) is 13.2 Å². The number of carbonyl (C=O) groups excluding carboxylic acids is 1. The van der Waals surface area contributed by atoms with Gasteiger partial charge in [-0.2, -0.15) is 0 Å². The molecule has 1 aromatic heterocycles. The summed E-state index contributed by atoms with van der Waals surface area (Å²) in [5.74, 6) is -0.371. The van der Waals surface area contributed by atoms with Crippen molar-refractivity contribution in [1.82, 2.24) is 10.3 Å². The van der Waals surface area contributed by atoms with Crippen LogP contribution in [0, 0.1) is 19.3 Å². The summed E-state index contributed by atoms with van der Waals surface area (Å²) in [5, 5.41) is 11.7. The van der Waals surface area contributed by atoms with Crippen LogP contribution in [0.5, 0.6) is 0 Å². The Bertz CT molecular complexity index is 518. The molecule has 0 unspecified atom stereocenters. The van der Waals surface area contributed by atoms with Crippen molar-refractivity contribution in [3.63, 3.8) is 0 Å². The summed E-state index contributed by atoms with van der Waals surface area (Å²) in [6, 6.07) is 1.77. The molecule has 0 spiro atoms. The van der Waals surface area contributed by atoms with Crippen molar-refractivity contribution in [2.45, 2.75) is 34.1 Å². The Labute approximate surface area is 113 Å². The summed E-state index contributed by atoms with van der Waals surface area (Å²) in [6.45, 7) is 7.92. The second-order valence-electron chi connectivity index (χ2n) is 5.66. The summed E-state index contributed by atoms with van der Waals surface area (Å²) >= 11 is 0. The van der Waals surface area contributed by atoms with Gasteiger partial charge in [-0.1, -0.05) is 13.8 Å². The Morgan fingerprint density at radius 3 is 2.58 bits per heavy atom. The minimum Gasteiger partial charge on any atom is -0.396 e. The van der Waals surface area contributed by atoms with Gasteiger partial charge in [0.25, 0.3) is 11.5 Å². The summed E-state index contributed by atoms with van der Waals surface area (Å²) in [6.07, 6.45) is 0.594. The Morgan fingerprint density at radius 1 is 1.42 bits per heavy atom. The third-order valence-electron chi connectivity index (χ3n) is 3.11. The van der Waals surface area contributed by atoms with Gasteiger partial charge < -0.3 is 15.4 Å².